The van der Waals surface area contributed by atoms with Gasteiger partial charge in [-0.05, 0) is 25.0 Å². The minimum Gasteiger partial charge on any atom is -0.492 e. The molecule has 0 saturated carbocycles. The third kappa shape index (κ3) is 5.57. The van der Waals surface area contributed by atoms with E-state index in [1.165, 1.54) is 0 Å². The van der Waals surface area contributed by atoms with E-state index in [9.17, 15) is 10.5 Å². The lowest BCUT2D eigenvalue weighted by Crippen LogP contribution is -2.26. The SMILES string of the molecule is N#Cc1c(OCCC2OCCCO2)ccc(OCCC2OCCCO2)c1C#N. The second-order valence-electron chi connectivity index (χ2n) is 6.36. The zero-order valence-electron chi connectivity index (χ0n) is 15.7. The van der Waals surface area contributed by atoms with Crippen LogP contribution in [0.25, 0.3) is 0 Å². The molecule has 2 saturated heterocycles. The molecule has 0 spiro atoms. The molecule has 0 amide bonds. The number of hydrogen-bond donors (Lipinski definition) is 0. The summed E-state index contributed by atoms with van der Waals surface area (Å²) in [6.07, 6.45) is 2.30. The van der Waals surface area contributed by atoms with Crippen molar-refractivity contribution in [1.29, 1.82) is 10.5 Å². The Balaban J connectivity index is 1.56. The highest BCUT2D eigenvalue weighted by molar-refractivity contribution is 5.60. The van der Waals surface area contributed by atoms with Crippen LogP contribution in [0.3, 0.4) is 0 Å². The van der Waals surface area contributed by atoms with Gasteiger partial charge in [-0.1, -0.05) is 0 Å². The van der Waals surface area contributed by atoms with E-state index in [1.807, 2.05) is 12.1 Å². The van der Waals surface area contributed by atoms with Crippen molar-refractivity contribution in [3.63, 3.8) is 0 Å². The molecule has 2 fully saturated rings. The van der Waals surface area contributed by atoms with Gasteiger partial charge in [0.1, 0.15) is 34.8 Å². The molecule has 0 atom stereocenters. The summed E-state index contributed by atoms with van der Waals surface area (Å²) in [6.45, 7) is 3.35. The van der Waals surface area contributed by atoms with Crippen molar-refractivity contribution in [2.45, 2.75) is 38.3 Å². The molecule has 150 valence electrons. The van der Waals surface area contributed by atoms with Crippen molar-refractivity contribution in [2.24, 2.45) is 0 Å². The Hall–Kier alpha value is -2.36. The summed E-state index contributed by atoms with van der Waals surface area (Å²) < 4.78 is 33.3. The Morgan fingerprint density at radius 1 is 0.750 bits per heavy atom. The van der Waals surface area contributed by atoms with Gasteiger partial charge in [0, 0.05) is 12.8 Å². The van der Waals surface area contributed by atoms with Crippen molar-refractivity contribution in [3.8, 4) is 23.6 Å². The number of nitriles is 2. The second-order valence-corrected chi connectivity index (χ2v) is 6.36. The molecule has 1 aromatic carbocycles. The van der Waals surface area contributed by atoms with E-state index < -0.39 is 0 Å². The molecule has 2 aliphatic heterocycles. The van der Waals surface area contributed by atoms with Crippen molar-refractivity contribution < 1.29 is 28.4 Å². The Bertz CT molecular complexity index is 654. The predicted octanol–water partition coefficient (Wildman–Crippen LogP) is 2.49. The Labute approximate surface area is 164 Å². The minimum atomic E-state index is -0.290. The summed E-state index contributed by atoms with van der Waals surface area (Å²) in [5.41, 5.74) is 0.325. The van der Waals surface area contributed by atoms with E-state index in [1.54, 1.807) is 12.1 Å². The fraction of sp³-hybridized carbons (Fsp3) is 0.600. The lowest BCUT2D eigenvalue weighted by atomic mass is 10.1. The molecule has 0 N–H and O–H groups in total. The third-order valence-corrected chi connectivity index (χ3v) is 4.37. The summed E-state index contributed by atoms with van der Waals surface area (Å²) in [5, 5.41) is 19.0. The predicted molar refractivity (Wildman–Crippen MR) is 96.7 cm³/mol. The van der Waals surface area contributed by atoms with E-state index in [-0.39, 0.29) is 23.7 Å². The van der Waals surface area contributed by atoms with Crippen LogP contribution in [0.1, 0.15) is 36.8 Å². The second kappa shape index (κ2) is 10.8. The number of hydrogen-bond acceptors (Lipinski definition) is 8. The van der Waals surface area contributed by atoms with Crippen LogP contribution in [0.5, 0.6) is 11.5 Å². The first-order valence-corrected chi connectivity index (χ1v) is 9.51. The van der Waals surface area contributed by atoms with Crippen LogP contribution in [0.4, 0.5) is 0 Å². The summed E-state index contributed by atoms with van der Waals surface area (Å²) in [7, 11) is 0. The highest BCUT2D eigenvalue weighted by Crippen LogP contribution is 2.30. The summed E-state index contributed by atoms with van der Waals surface area (Å²) in [5.74, 6) is 0.697. The standard InChI is InChI=1S/C20H24N2O6/c21-13-15-16(14-22)18(24-12-6-20-27-9-2-10-28-20)4-3-17(15)23-11-5-19-25-7-1-8-26-19/h3-4,19-20H,1-2,5-12H2. The average molecular weight is 388 g/mol. The molecule has 2 heterocycles. The van der Waals surface area contributed by atoms with Crippen molar-refractivity contribution >= 4 is 0 Å². The number of benzene rings is 1. The van der Waals surface area contributed by atoms with Crippen LogP contribution in [-0.2, 0) is 18.9 Å². The van der Waals surface area contributed by atoms with Crippen LogP contribution in [0.2, 0.25) is 0 Å². The normalized spacial score (nSPS) is 18.2. The zero-order chi connectivity index (χ0) is 19.6. The van der Waals surface area contributed by atoms with Gasteiger partial charge in [0.25, 0.3) is 0 Å². The van der Waals surface area contributed by atoms with Crippen LogP contribution in [-0.4, -0.2) is 52.2 Å². The highest BCUT2D eigenvalue weighted by Gasteiger charge is 2.19. The van der Waals surface area contributed by atoms with Gasteiger partial charge < -0.3 is 28.4 Å². The average Bonchev–Trinajstić information content (AvgIpc) is 2.75. The summed E-state index contributed by atoms with van der Waals surface area (Å²) in [4.78, 5) is 0. The van der Waals surface area contributed by atoms with E-state index in [4.69, 9.17) is 28.4 Å². The third-order valence-electron chi connectivity index (χ3n) is 4.37. The van der Waals surface area contributed by atoms with Crippen LogP contribution in [0.15, 0.2) is 12.1 Å². The first kappa shape index (κ1) is 20.4. The molecule has 0 unspecified atom stereocenters. The molecule has 3 rings (SSSR count). The molecule has 28 heavy (non-hydrogen) atoms. The number of nitrogens with zero attached hydrogens (tertiary/aromatic N) is 2. The Kier molecular flexibility index (Phi) is 7.89. The molecule has 0 radical (unpaired) electrons. The van der Waals surface area contributed by atoms with Gasteiger partial charge in [-0.3, -0.25) is 0 Å². The molecular weight excluding hydrogens is 364 g/mol. The molecular formula is C20H24N2O6. The molecule has 0 bridgehead atoms. The fourth-order valence-electron chi connectivity index (χ4n) is 2.96. The lowest BCUT2D eigenvalue weighted by Gasteiger charge is -2.23. The monoisotopic (exact) mass is 388 g/mol. The first-order chi connectivity index (χ1) is 13.8. The van der Waals surface area contributed by atoms with Crippen molar-refractivity contribution in [1.82, 2.24) is 0 Å². The zero-order valence-corrected chi connectivity index (χ0v) is 15.7. The molecule has 2 aliphatic rings. The highest BCUT2D eigenvalue weighted by atomic mass is 16.7. The van der Waals surface area contributed by atoms with Gasteiger partial charge in [0.05, 0.1) is 39.6 Å². The molecule has 1 aromatic rings. The van der Waals surface area contributed by atoms with Crippen LogP contribution < -0.4 is 9.47 Å². The van der Waals surface area contributed by atoms with E-state index in [0.717, 1.165) is 12.8 Å². The van der Waals surface area contributed by atoms with Crippen molar-refractivity contribution in [2.75, 3.05) is 39.6 Å². The van der Waals surface area contributed by atoms with Gasteiger partial charge in [-0.2, -0.15) is 10.5 Å². The summed E-state index contributed by atoms with van der Waals surface area (Å²) in [6, 6.07) is 7.38. The Morgan fingerprint density at radius 2 is 1.14 bits per heavy atom. The van der Waals surface area contributed by atoms with Gasteiger partial charge in [-0.25, -0.2) is 0 Å². The molecule has 0 aliphatic carbocycles. The Morgan fingerprint density at radius 3 is 1.50 bits per heavy atom. The van der Waals surface area contributed by atoms with Gasteiger partial charge in [0.15, 0.2) is 12.6 Å². The largest absolute Gasteiger partial charge is 0.492 e. The maximum absolute atomic E-state index is 9.51. The molecule has 8 heteroatoms. The topological polar surface area (TPSA) is 103 Å². The van der Waals surface area contributed by atoms with Gasteiger partial charge in [0.2, 0.25) is 0 Å². The number of rotatable bonds is 8. The van der Waals surface area contributed by atoms with Crippen LogP contribution in [0, 0.1) is 22.7 Å². The maximum atomic E-state index is 9.51. The number of ether oxygens (including phenoxy) is 6. The van der Waals surface area contributed by atoms with Gasteiger partial charge in [-0.15, -0.1) is 0 Å². The van der Waals surface area contributed by atoms with E-state index >= 15 is 0 Å². The minimum absolute atomic E-state index is 0.163. The maximum Gasteiger partial charge on any atom is 0.160 e. The smallest absolute Gasteiger partial charge is 0.160 e. The van der Waals surface area contributed by atoms with Crippen LogP contribution >= 0.6 is 0 Å². The molecule has 8 nitrogen and oxygen atoms in total. The first-order valence-electron chi connectivity index (χ1n) is 9.51. The van der Waals surface area contributed by atoms with Gasteiger partial charge >= 0.3 is 0 Å². The fourth-order valence-corrected chi connectivity index (χ4v) is 2.96. The summed E-state index contributed by atoms with van der Waals surface area (Å²) >= 11 is 0. The lowest BCUT2D eigenvalue weighted by molar-refractivity contribution is -0.183. The van der Waals surface area contributed by atoms with E-state index in [0.29, 0.717) is 64.0 Å². The molecule has 0 aromatic heterocycles. The van der Waals surface area contributed by atoms with Crippen molar-refractivity contribution in [3.05, 3.63) is 23.3 Å². The van der Waals surface area contributed by atoms with E-state index in [2.05, 4.69) is 0 Å². The quantitative estimate of drug-likeness (QED) is 0.669.